The molecule has 9 heteroatoms. The Morgan fingerprint density at radius 1 is 1.07 bits per heavy atom. The molecule has 0 saturated carbocycles. The van der Waals surface area contributed by atoms with Crippen LogP contribution in [0.1, 0.15) is 15.9 Å². The third kappa shape index (κ3) is 4.24. The van der Waals surface area contributed by atoms with Crippen LogP contribution in [0.25, 0.3) is 0 Å². The van der Waals surface area contributed by atoms with E-state index in [4.69, 9.17) is 0 Å². The van der Waals surface area contributed by atoms with E-state index in [0.717, 1.165) is 22.4 Å². The topological polar surface area (TPSA) is 54.5 Å². The summed E-state index contributed by atoms with van der Waals surface area (Å²) < 4.78 is 64.3. The van der Waals surface area contributed by atoms with Gasteiger partial charge in [-0.15, -0.1) is 0 Å². The van der Waals surface area contributed by atoms with Crippen LogP contribution in [-0.2, 0) is 16.0 Å². The number of sulfone groups is 1. The fourth-order valence-electron chi connectivity index (χ4n) is 2.83. The minimum atomic E-state index is -4.71. The molecule has 0 saturated heterocycles. The molecule has 0 spiro atoms. The summed E-state index contributed by atoms with van der Waals surface area (Å²) in [5, 5.41) is 0.979. The molecule has 1 amide bonds. The number of benzene rings is 2. The number of rotatable bonds is 3. The van der Waals surface area contributed by atoms with E-state index >= 15 is 0 Å². The van der Waals surface area contributed by atoms with Gasteiger partial charge < -0.3 is 4.90 Å². The smallest absolute Gasteiger partial charge is 0.300 e. The number of halogens is 4. The van der Waals surface area contributed by atoms with Gasteiger partial charge in [0, 0.05) is 15.6 Å². The molecule has 0 bridgehead atoms. The summed E-state index contributed by atoms with van der Waals surface area (Å²) >= 11 is 3.25. The Labute approximate surface area is 162 Å². The van der Waals surface area contributed by atoms with Crippen LogP contribution in [0, 0.1) is 0 Å². The van der Waals surface area contributed by atoms with Crippen molar-refractivity contribution in [2.24, 2.45) is 0 Å². The average molecular weight is 460 g/mol. The quantitative estimate of drug-likeness (QED) is 0.682. The zero-order valence-electron chi connectivity index (χ0n) is 13.7. The highest BCUT2D eigenvalue weighted by Gasteiger charge is 2.38. The molecular formula is C18H13BrF3NO3S. The Hall–Kier alpha value is -2.13. The predicted octanol–water partition coefficient (Wildman–Crippen LogP) is 4.43. The zero-order valence-corrected chi connectivity index (χ0v) is 16.1. The summed E-state index contributed by atoms with van der Waals surface area (Å²) in [7, 11) is -3.52. The van der Waals surface area contributed by atoms with Crippen molar-refractivity contribution in [2.75, 3.05) is 10.7 Å². The maximum Gasteiger partial charge on any atom is 0.417 e. The summed E-state index contributed by atoms with van der Waals surface area (Å²) in [6, 6.07) is 9.88. The van der Waals surface area contributed by atoms with Crippen LogP contribution in [0.3, 0.4) is 0 Å². The van der Waals surface area contributed by atoms with Crippen molar-refractivity contribution in [3.63, 3.8) is 0 Å². The summed E-state index contributed by atoms with van der Waals surface area (Å²) in [6.45, 7) is 0. The summed E-state index contributed by atoms with van der Waals surface area (Å²) in [6.07, 6.45) is -3.40. The Morgan fingerprint density at radius 3 is 2.26 bits per heavy atom. The average Bonchev–Trinajstić information content (AvgIpc) is 2.95. The number of nitrogens with zero attached hydrogens (tertiary/aromatic N) is 1. The van der Waals surface area contributed by atoms with Crippen LogP contribution in [0.4, 0.5) is 18.9 Å². The van der Waals surface area contributed by atoms with Crippen LogP contribution < -0.4 is 4.90 Å². The number of hydrogen-bond donors (Lipinski definition) is 0. The maximum atomic E-state index is 13.3. The maximum absolute atomic E-state index is 13.3. The molecule has 2 aromatic rings. The molecule has 142 valence electrons. The normalized spacial score (nSPS) is 18.4. The van der Waals surface area contributed by atoms with Gasteiger partial charge in [0.25, 0.3) is 5.91 Å². The number of alkyl halides is 3. The molecule has 1 atom stereocenters. The van der Waals surface area contributed by atoms with E-state index in [1.165, 1.54) is 30.3 Å². The monoisotopic (exact) mass is 459 g/mol. The van der Waals surface area contributed by atoms with Crippen molar-refractivity contribution in [1.82, 2.24) is 0 Å². The van der Waals surface area contributed by atoms with E-state index in [2.05, 4.69) is 15.9 Å². The standard InChI is InChI=1S/C18H13BrF3NO3S/c19-12-5-7-13(8-6-12)23(14-9-10-27(25,26)11-14)17(24)15-3-1-2-4-16(15)18(20,21)22/h1-10,14H,11H2. The SMILES string of the molecule is O=C(c1ccccc1C(F)(F)F)N(c1ccc(Br)cc1)C1C=CS(=O)(=O)C1. The van der Waals surface area contributed by atoms with Crippen molar-refractivity contribution >= 4 is 37.4 Å². The first kappa shape index (κ1) is 19.6. The van der Waals surface area contributed by atoms with Crippen molar-refractivity contribution in [3.8, 4) is 0 Å². The zero-order chi connectivity index (χ0) is 19.8. The van der Waals surface area contributed by atoms with E-state index in [1.807, 2.05) is 0 Å². The van der Waals surface area contributed by atoms with Gasteiger partial charge in [-0.3, -0.25) is 4.79 Å². The number of hydrogen-bond acceptors (Lipinski definition) is 3. The highest BCUT2D eigenvalue weighted by molar-refractivity contribution is 9.10. The molecule has 1 aliphatic heterocycles. The van der Waals surface area contributed by atoms with Crippen molar-refractivity contribution in [3.05, 3.63) is 75.6 Å². The fourth-order valence-corrected chi connectivity index (χ4v) is 4.36. The van der Waals surface area contributed by atoms with Gasteiger partial charge in [0.15, 0.2) is 9.84 Å². The van der Waals surface area contributed by atoms with E-state index in [1.54, 1.807) is 12.1 Å². The molecule has 27 heavy (non-hydrogen) atoms. The molecule has 1 heterocycles. The molecule has 2 aromatic carbocycles. The molecule has 0 aromatic heterocycles. The minimum absolute atomic E-state index is 0.298. The third-order valence-electron chi connectivity index (χ3n) is 4.03. The van der Waals surface area contributed by atoms with Crippen molar-refractivity contribution in [2.45, 2.75) is 12.2 Å². The molecule has 4 nitrogen and oxygen atoms in total. The van der Waals surface area contributed by atoms with Crippen molar-refractivity contribution in [1.29, 1.82) is 0 Å². The Kier molecular flexibility index (Phi) is 5.18. The lowest BCUT2D eigenvalue weighted by molar-refractivity contribution is -0.137. The summed E-state index contributed by atoms with van der Waals surface area (Å²) in [4.78, 5) is 14.2. The first-order valence-electron chi connectivity index (χ1n) is 7.75. The number of amides is 1. The summed E-state index contributed by atoms with van der Waals surface area (Å²) in [5.41, 5.74) is -1.31. The second-order valence-corrected chi connectivity index (χ2v) is 8.77. The highest BCUT2D eigenvalue weighted by Crippen LogP contribution is 2.34. The van der Waals surface area contributed by atoms with Gasteiger partial charge in [0.1, 0.15) is 0 Å². The predicted molar refractivity (Wildman–Crippen MR) is 99.1 cm³/mol. The van der Waals surface area contributed by atoms with Crippen molar-refractivity contribution < 1.29 is 26.4 Å². The van der Waals surface area contributed by atoms with Gasteiger partial charge in [-0.2, -0.15) is 13.2 Å². The van der Waals surface area contributed by atoms with Crippen LogP contribution in [0.5, 0.6) is 0 Å². The lowest BCUT2D eigenvalue weighted by atomic mass is 10.0. The van der Waals surface area contributed by atoms with Gasteiger partial charge in [-0.05, 0) is 42.5 Å². The minimum Gasteiger partial charge on any atom is -0.300 e. The van der Waals surface area contributed by atoms with Gasteiger partial charge in [0.2, 0.25) is 0 Å². The van der Waals surface area contributed by atoms with Gasteiger partial charge in [-0.1, -0.05) is 28.1 Å². The first-order chi connectivity index (χ1) is 12.6. The molecule has 0 fully saturated rings. The second-order valence-electron chi connectivity index (χ2n) is 5.92. The lowest BCUT2D eigenvalue weighted by Crippen LogP contribution is -2.42. The molecule has 1 unspecified atom stereocenters. The molecular weight excluding hydrogens is 447 g/mol. The van der Waals surface area contributed by atoms with Gasteiger partial charge in [0.05, 0.1) is 22.9 Å². The highest BCUT2D eigenvalue weighted by atomic mass is 79.9. The fraction of sp³-hybridized carbons (Fsp3) is 0.167. The van der Waals surface area contributed by atoms with Gasteiger partial charge in [-0.25, -0.2) is 8.42 Å². The second kappa shape index (κ2) is 7.12. The summed E-state index contributed by atoms with van der Waals surface area (Å²) in [5.74, 6) is -1.31. The van der Waals surface area contributed by atoms with Crippen LogP contribution in [0.15, 0.2) is 64.5 Å². The van der Waals surface area contributed by atoms with E-state index in [9.17, 15) is 26.4 Å². The van der Waals surface area contributed by atoms with Crippen LogP contribution in [0.2, 0.25) is 0 Å². The van der Waals surface area contributed by atoms with Crippen LogP contribution >= 0.6 is 15.9 Å². The molecule has 3 rings (SSSR count). The molecule has 0 N–H and O–H groups in total. The number of carbonyl (C=O) groups excluding carboxylic acids is 1. The molecule has 0 radical (unpaired) electrons. The van der Waals surface area contributed by atoms with E-state index < -0.39 is 39.1 Å². The van der Waals surface area contributed by atoms with E-state index in [-0.39, 0.29) is 5.75 Å². The Morgan fingerprint density at radius 2 is 1.70 bits per heavy atom. The van der Waals surface area contributed by atoms with E-state index in [0.29, 0.717) is 10.2 Å². The first-order valence-corrected chi connectivity index (χ1v) is 10.3. The van der Waals surface area contributed by atoms with Gasteiger partial charge >= 0.3 is 6.18 Å². The third-order valence-corrected chi connectivity index (χ3v) is 5.94. The molecule has 0 aliphatic carbocycles. The number of anilines is 1. The Bertz CT molecular complexity index is 1000. The lowest BCUT2D eigenvalue weighted by Gasteiger charge is -2.29. The largest absolute Gasteiger partial charge is 0.417 e. The number of carbonyl (C=O) groups is 1. The Balaban J connectivity index is 2.10. The molecule has 1 aliphatic rings. The van der Waals surface area contributed by atoms with Crippen LogP contribution in [-0.4, -0.2) is 26.1 Å².